The van der Waals surface area contributed by atoms with Crippen molar-refractivity contribution in [3.63, 3.8) is 0 Å². The highest BCUT2D eigenvalue weighted by atomic mass is 16.5. The normalized spacial score (nSPS) is 10.8. The summed E-state index contributed by atoms with van der Waals surface area (Å²) in [4.78, 5) is 8.80. The van der Waals surface area contributed by atoms with Crippen LogP contribution in [-0.4, -0.2) is 36.8 Å². The molecular weight excluding hydrogens is 242 g/mol. The molecule has 1 heterocycles. The van der Waals surface area contributed by atoms with Gasteiger partial charge in [-0.2, -0.15) is 4.98 Å². The maximum Gasteiger partial charge on any atom is 0.218 e. The summed E-state index contributed by atoms with van der Waals surface area (Å²) < 4.78 is 10.7. The van der Waals surface area contributed by atoms with Crippen molar-refractivity contribution in [1.29, 1.82) is 0 Å². The van der Waals surface area contributed by atoms with Crippen LogP contribution in [0.25, 0.3) is 0 Å². The van der Waals surface area contributed by atoms with E-state index in [2.05, 4.69) is 29.1 Å². The molecule has 0 aliphatic rings. The summed E-state index contributed by atoms with van der Waals surface area (Å²) in [7, 11) is 1.71. The van der Waals surface area contributed by atoms with E-state index in [1.54, 1.807) is 7.11 Å². The van der Waals surface area contributed by atoms with Crippen molar-refractivity contribution in [1.82, 2.24) is 9.97 Å². The topological polar surface area (TPSA) is 56.3 Å². The zero-order valence-electron chi connectivity index (χ0n) is 12.4. The molecule has 0 amide bonds. The largest absolute Gasteiger partial charge is 0.477 e. The number of anilines is 1. The van der Waals surface area contributed by atoms with E-state index in [1.165, 1.54) is 0 Å². The molecular formula is C14H25N3O2. The summed E-state index contributed by atoms with van der Waals surface area (Å²) in [6, 6.07) is 1.86. The van der Waals surface area contributed by atoms with Crippen LogP contribution in [0.5, 0.6) is 5.88 Å². The minimum Gasteiger partial charge on any atom is -0.477 e. The van der Waals surface area contributed by atoms with Crippen molar-refractivity contribution >= 4 is 5.82 Å². The van der Waals surface area contributed by atoms with Crippen molar-refractivity contribution in [3.05, 3.63) is 11.9 Å². The second-order valence-corrected chi connectivity index (χ2v) is 4.84. The van der Waals surface area contributed by atoms with Gasteiger partial charge in [0.25, 0.3) is 0 Å². The Morgan fingerprint density at radius 2 is 2.11 bits per heavy atom. The first-order chi connectivity index (χ1) is 9.15. The molecule has 0 saturated heterocycles. The van der Waals surface area contributed by atoms with Gasteiger partial charge in [-0.1, -0.05) is 20.8 Å². The molecule has 0 radical (unpaired) electrons. The molecule has 5 nitrogen and oxygen atoms in total. The third-order valence-electron chi connectivity index (χ3n) is 2.46. The Morgan fingerprint density at radius 3 is 2.74 bits per heavy atom. The van der Waals surface area contributed by atoms with E-state index in [0.29, 0.717) is 18.4 Å². The highest BCUT2D eigenvalue weighted by Crippen LogP contribution is 2.15. The molecule has 0 atom stereocenters. The lowest BCUT2D eigenvalue weighted by atomic mass is 10.2. The van der Waals surface area contributed by atoms with Crippen molar-refractivity contribution < 1.29 is 9.47 Å². The summed E-state index contributed by atoms with van der Waals surface area (Å²) in [5.74, 6) is 2.75. The van der Waals surface area contributed by atoms with Gasteiger partial charge in [0.05, 0.1) is 6.61 Å². The molecule has 1 rings (SSSR count). The first-order valence-corrected chi connectivity index (χ1v) is 6.89. The van der Waals surface area contributed by atoms with Crippen LogP contribution < -0.4 is 10.1 Å². The first kappa shape index (κ1) is 15.7. The van der Waals surface area contributed by atoms with Crippen LogP contribution in [0.4, 0.5) is 5.82 Å². The number of nitrogens with zero attached hydrogens (tertiary/aromatic N) is 2. The van der Waals surface area contributed by atoms with E-state index in [4.69, 9.17) is 9.47 Å². The first-order valence-electron chi connectivity index (χ1n) is 6.89. The van der Waals surface area contributed by atoms with Gasteiger partial charge in [-0.05, 0) is 12.3 Å². The summed E-state index contributed by atoms with van der Waals surface area (Å²) in [6.07, 6.45) is 1.75. The molecule has 0 aliphatic heterocycles. The lowest BCUT2D eigenvalue weighted by Crippen LogP contribution is -2.10. The van der Waals surface area contributed by atoms with Gasteiger partial charge in [0.15, 0.2) is 0 Å². The van der Waals surface area contributed by atoms with Crippen LogP contribution in [0.3, 0.4) is 0 Å². The number of nitrogens with one attached hydrogen (secondary N) is 1. The lowest BCUT2D eigenvalue weighted by molar-refractivity contribution is 0.197. The van der Waals surface area contributed by atoms with Crippen molar-refractivity contribution in [2.75, 3.05) is 32.2 Å². The second kappa shape index (κ2) is 8.69. The van der Waals surface area contributed by atoms with E-state index >= 15 is 0 Å². The maximum atomic E-state index is 5.66. The molecule has 19 heavy (non-hydrogen) atoms. The van der Waals surface area contributed by atoms with Crippen LogP contribution in [0, 0.1) is 5.92 Å². The highest BCUT2D eigenvalue weighted by molar-refractivity contribution is 5.38. The molecule has 0 unspecified atom stereocenters. The predicted molar refractivity (Wildman–Crippen MR) is 76.7 cm³/mol. The minimum atomic E-state index is 0.484. The molecule has 0 aliphatic carbocycles. The monoisotopic (exact) mass is 267 g/mol. The quantitative estimate of drug-likeness (QED) is 0.697. The molecule has 108 valence electrons. The smallest absolute Gasteiger partial charge is 0.218 e. The third-order valence-corrected chi connectivity index (χ3v) is 2.46. The molecule has 0 bridgehead atoms. The third kappa shape index (κ3) is 6.38. The van der Waals surface area contributed by atoms with Crippen LogP contribution in [0.1, 0.15) is 33.0 Å². The van der Waals surface area contributed by atoms with Gasteiger partial charge in [-0.3, -0.25) is 0 Å². The minimum absolute atomic E-state index is 0.484. The van der Waals surface area contributed by atoms with Gasteiger partial charge in [-0.15, -0.1) is 0 Å². The Labute approximate surface area is 115 Å². The molecule has 0 saturated carbocycles. The van der Waals surface area contributed by atoms with Crippen LogP contribution in [0.2, 0.25) is 0 Å². The summed E-state index contributed by atoms with van der Waals surface area (Å²) in [5, 5.41) is 3.27. The maximum absolute atomic E-state index is 5.66. The molecule has 0 spiro atoms. The predicted octanol–water partition coefficient (Wildman–Crippen LogP) is 2.52. The van der Waals surface area contributed by atoms with Gasteiger partial charge < -0.3 is 14.8 Å². The number of methoxy groups -OCH3 is 1. The van der Waals surface area contributed by atoms with Crippen molar-refractivity contribution in [2.45, 2.75) is 33.6 Å². The molecule has 1 N–H and O–H groups in total. The fraction of sp³-hybridized carbons (Fsp3) is 0.714. The number of aryl methyl sites for hydroxylation is 1. The van der Waals surface area contributed by atoms with Crippen LogP contribution in [-0.2, 0) is 11.2 Å². The SMILES string of the molecule is CCc1nc(NCCCOC)cc(OCC(C)C)n1. The number of aromatic nitrogens is 2. The highest BCUT2D eigenvalue weighted by Gasteiger charge is 2.05. The fourth-order valence-electron chi connectivity index (χ4n) is 1.48. The van der Waals surface area contributed by atoms with Crippen molar-refractivity contribution in [2.24, 2.45) is 5.92 Å². The number of hydrogen-bond donors (Lipinski definition) is 1. The van der Waals surface area contributed by atoms with Gasteiger partial charge in [0.2, 0.25) is 5.88 Å². The van der Waals surface area contributed by atoms with Crippen LogP contribution in [0.15, 0.2) is 6.07 Å². The molecule has 1 aromatic heterocycles. The molecule has 5 heteroatoms. The average molecular weight is 267 g/mol. The molecule has 0 fully saturated rings. The van der Waals surface area contributed by atoms with E-state index in [0.717, 1.165) is 37.6 Å². The van der Waals surface area contributed by atoms with E-state index in [-0.39, 0.29) is 0 Å². The van der Waals surface area contributed by atoms with Gasteiger partial charge >= 0.3 is 0 Å². The fourth-order valence-corrected chi connectivity index (χ4v) is 1.48. The summed E-state index contributed by atoms with van der Waals surface area (Å²) >= 11 is 0. The van der Waals surface area contributed by atoms with E-state index in [1.807, 2.05) is 13.0 Å². The summed E-state index contributed by atoms with van der Waals surface area (Å²) in [5.41, 5.74) is 0. The van der Waals surface area contributed by atoms with E-state index in [9.17, 15) is 0 Å². The van der Waals surface area contributed by atoms with Gasteiger partial charge in [0.1, 0.15) is 11.6 Å². The Bertz CT molecular complexity index is 370. The van der Waals surface area contributed by atoms with Crippen LogP contribution >= 0.6 is 0 Å². The van der Waals surface area contributed by atoms with Gasteiger partial charge in [0, 0.05) is 32.7 Å². The number of hydrogen-bond acceptors (Lipinski definition) is 5. The Kier molecular flexibility index (Phi) is 7.18. The molecule has 1 aromatic rings. The van der Waals surface area contributed by atoms with Gasteiger partial charge in [-0.25, -0.2) is 4.98 Å². The zero-order chi connectivity index (χ0) is 14.1. The number of rotatable bonds is 9. The Hall–Kier alpha value is -1.36. The average Bonchev–Trinajstić information content (AvgIpc) is 2.41. The second-order valence-electron chi connectivity index (χ2n) is 4.84. The van der Waals surface area contributed by atoms with E-state index < -0.39 is 0 Å². The summed E-state index contributed by atoms with van der Waals surface area (Å²) in [6.45, 7) is 8.52. The standard InChI is InChI=1S/C14H25N3O2/c1-5-12-16-13(15-7-6-8-18-4)9-14(17-12)19-10-11(2)3/h9,11H,5-8,10H2,1-4H3,(H,15,16,17). The Morgan fingerprint density at radius 1 is 1.32 bits per heavy atom. The zero-order valence-corrected chi connectivity index (χ0v) is 12.4. The van der Waals surface area contributed by atoms with Crippen molar-refractivity contribution in [3.8, 4) is 5.88 Å². The lowest BCUT2D eigenvalue weighted by Gasteiger charge is -2.11. The Balaban J connectivity index is 2.60. The molecule has 0 aromatic carbocycles. The number of ether oxygens (including phenoxy) is 2.